The third kappa shape index (κ3) is 7.57. The summed E-state index contributed by atoms with van der Waals surface area (Å²) in [6.45, 7) is 23.5. The molecule has 0 spiro atoms. The number of anilines is 6. The van der Waals surface area contributed by atoms with Crippen molar-refractivity contribution >= 4 is 66.4 Å². The fraction of sp³-hybridized carbons (Fsp3) is 0.224. The van der Waals surface area contributed by atoms with E-state index in [2.05, 4.69) is 249 Å². The average Bonchev–Trinajstić information content (AvgIpc) is 4.16. The minimum absolute atomic E-state index is 0.281. The number of aryl methyl sites for hydroxylation is 1. The first kappa shape index (κ1) is 44.4. The lowest BCUT2D eigenvalue weighted by Gasteiger charge is -2.34. The number of hydrogen-bond acceptors (Lipinski definition) is 2. The topological polar surface area (TPSA) is 6.48 Å². The van der Waals surface area contributed by atoms with Crippen molar-refractivity contribution in [3.63, 3.8) is 0 Å². The van der Waals surface area contributed by atoms with Crippen molar-refractivity contribution in [1.82, 2.24) is 0 Å². The summed E-state index contributed by atoms with van der Waals surface area (Å²) >= 11 is 0. The minimum Gasteiger partial charge on any atom is -0.309 e. The number of fused-ring (bicyclic) bond motifs is 1. The van der Waals surface area contributed by atoms with Crippen LogP contribution in [0.4, 0.5) is 34.1 Å². The van der Waals surface area contributed by atoms with Crippen molar-refractivity contribution < 1.29 is 0 Å². The maximum Gasteiger partial charge on any atom is 0.0543 e. The third-order valence-electron chi connectivity index (χ3n) is 15.2. The first-order chi connectivity index (χ1) is 33.4. The van der Waals surface area contributed by atoms with Gasteiger partial charge in [0.2, 0.25) is 0 Å². The Labute approximate surface area is 410 Å². The molecule has 2 nitrogen and oxygen atoms in total. The highest BCUT2D eigenvalue weighted by atomic mass is 15.2. The number of hydrogen-bond donors (Lipinski definition) is 0. The van der Waals surface area contributed by atoms with Gasteiger partial charge in [-0.15, -0.1) is 0 Å². The molecule has 10 aromatic rings. The maximum absolute atomic E-state index is 2.65. The van der Waals surface area contributed by atoms with Crippen molar-refractivity contribution in [3.05, 3.63) is 214 Å². The molecule has 1 aliphatic carbocycles. The molecule has 11 rings (SSSR count). The monoisotopic (exact) mass is 897 g/mol. The summed E-state index contributed by atoms with van der Waals surface area (Å²) in [7, 11) is 0. The second kappa shape index (κ2) is 17.4. The lowest BCUT2D eigenvalue weighted by Crippen LogP contribution is -2.16. The van der Waals surface area contributed by atoms with Gasteiger partial charge in [0.05, 0.1) is 22.7 Å². The summed E-state index contributed by atoms with van der Waals surface area (Å²) in [5, 5.41) is 7.91. The van der Waals surface area contributed by atoms with E-state index in [-0.39, 0.29) is 11.8 Å². The van der Waals surface area contributed by atoms with Gasteiger partial charge in [0.25, 0.3) is 0 Å². The molecule has 0 fully saturated rings. The molecule has 0 bridgehead atoms. The highest BCUT2D eigenvalue weighted by Gasteiger charge is 2.31. The van der Waals surface area contributed by atoms with Gasteiger partial charge < -0.3 is 9.80 Å². The molecule has 342 valence electrons. The van der Waals surface area contributed by atoms with Gasteiger partial charge in [-0.05, 0) is 169 Å². The maximum atomic E-state index is 2.65. The van der Waals surface area contributed by atoms with Crippen molar-refractivity contribution in [1.29, 1.82) is 0 Å². The Balaban J connectivity index is 1.27. The van der Waals surface area contributed by atoms with E-state index in [1.54, 1.807) is 0 Å². The van der Waals surface area contributed by atoms with Gasteiger partial charge in [0, 0.05) is 22.1 Å². The normalized spacial score (nSPS) is 12.4. The molecule has 69 heavy (non-hydrogen) atoms. The standard InChI is InChI=1S/C67H64N2/c1-40(2)51-28-25-48(46-20-13-11-14-21-46)36-62(51)68(60-24-18-17-19-44(60)9)64-38-57(42(5)6)53-31-33-56-65(39-58(43(7)8)54-30-32-55(64)66(53)67(54)56)69(61-34-27-50-35-59(50)45(61)10)63-37-49(26-29-52(63)41(3)4)47-22-15-12-16-23-47/h11-34,36-43H,35H2,1-10H3. The molecule has 0 amide bonds. The van der Waals surface area contributed by atoms with Gasteiger partial charge in [0.15, 0.2) is 0 Å². The SMILES string of the molecule is Cc1ccccc1N(c1cc(-c2ccccc2)ccc1C(C)C)c1cc(C(C)C)c2ccc3c(N(c4cc(-c5ccccc5)ccc4C(C)C)c4ccc5c(c4C)C5)cc(C(C)C)c4ccc1c2c43. The summed E-state index contributed by atoms with van der Waals surface area (Å²) in [6, 6.07) is 64.7. The van der Waals surface area contributed by atoms with Crippen LogP contribution < -0.4 is 9.80 Å². The number of para-hydroxylation sites is 1. The Bertz CT molecular complexity index is 3560. The van der Waals surface area contributed by atoms with Gasteiger partial charge in [-0.25, -0.2) is 0 Å². The van der Waals surface area contributed by atoms with E-state index in [1.165, 1.54) is 133 Å². The van der Waals surface area contributed by atoms with Crippen LogP contribution >= 0.6 is 0 Å². The molecule has 2 heteroatoms. The van der Waals surface area contributed by atoms with Crippen LogP contribution in [0.1, 0.15) is 124 Å². The summed E-state index contributed by atoms with van der Waals surface area (Å²) in [4.78, 5) is 5.26. The fourth-order valence-corrected chi connectivity index (χ4v) is 11.4. The van der Waals surface area contributed by atoms with Crippen molar-refractivity contribution in [3.8, 4) is 22.3 Å². The van der Waals surface area contributed by atoms with Crippen LogP contribution in [0, 0.1) is 13.8 Å². The Morgan fingerprint density at radius 1 is 0.333 bits per heavy atom. The summed E-state index contributed by atoms with van der Waals surface area (Å²) in [5.41, 5.74) is 23.3. The molecule has 1 aliphatic rings. The van der Waals surface area contributed by atoms with Crippen LogP contribution in [0.3, 0.4) is 0 Å². The van der Waals surface area contributed by atoms with E-state index in [4.69, 9.17) is 0 Å². The van der Waals surface area contributed by atoms with Gasteiger partial charge in [0.1, 0.15) is 0 Å². The zero-order chi connectivity index (χ0) is 47.8. The molecule has 0 saturated heterocycles. The predicted molar refractivity (Wildman–Crippen MR) is 299 cm³/mol. The summed E-state index contributed by atoms with van der Waals surface area (Å²) < 4.78 is 0. The first-order valence-corrected chi connectivity index (χ1v) is 25.3. The zero-order valence-electron chi connectivity index (χ0n) is 42.1. The smallest absolute Gasteiger partial charge is 0.0543 e. The molecular formula is C67H64N2. The Hall–Kier alpha value is -7.16. The molecule has 0 aromatic heterocycles. The van der Waals surface area contributed by atoms with Crippen molar-refractivity contribution in [2.24, 2.45) is 0 Å². The fourth-order valence-electron chi connectivity index (χ4n) is 11.4. The van der Waals surface area contributed by atoms with Gasteiger partial charge in [-0.1, -0.05) is 189 Å². The van der Waals surface area contributed by atoms with Crippen LogP contribution in [0.15, 0.2) is 170 Å². The Kier molecular flexibility index (Phi) is 11.2. The van der Waals surface area contributed by atoms with Crippen LogP contribution in [0.25, 0.3) is 54.6 Å². The quantitative estimate of drug-likeness (QED) is 0.113. The lowest BCUT2D eigenvalue weighted by molar-refractivity contribution is 0.863. The summed E-state index contributed by atoms with van der Waals surface area (Å²) in [5.74, 6) is 1.17. The highest BCUT2D eigenvalue weighted by Crippen LogP contribution is 2.54. The Morgan fingerprint density at radius 2 is 0.768 bits per heavy atom. The van der Waals surface area contributed by atoms with E-state index in [0.717, 1.165) is 6.42 Å². The molecular weight excluding hydrogens is 833 g/mol. The Morgan fingerprint density at radius 3 is 1.23 bits per heavy atom. The molecule has 0 radical (unpaired) electrons. The molecule has 0 heterocycles. The molecule has 0 unspecified atom stereocenters. The van der Waals surface area contributed by atoms with Crippen LogP contribution in [0.2, 0.25) is 0 Å². The highest BCUT2D eigenvalue weighted by molar-refractivity contribution is 6.29. The molecule has 0 saturated carbocycles. The van der Waals surface area contributed by atoms with Gasteiger partial charge in [-0.3, -0.25) is 0 Å². The first-order valence-electron chi connectivity index (χ1n) is 25.3. The molecule has 0 atom stereocenters. The average molecular weight is 897 g/mol. The van der Waals surface area contributed by atoms with E-state index in [1.807, 2.05) is 0 Å². The van der Waals surface area contributed by atoms with Crippen molar-refractivity contribution in [2.75, 3.05) is 9.80 Å². The van der Waals surface area contributed by atoms with Crippen LogP contribution in [0.5, 0.6) is 0 Å². The van der Waals surface area contributed by atoms with E-state index < -0.39 is 0 Å². The van der Waals surface area contributed by atoms with Crippen molar-refractivity contribution in [2.45, 2.75) is 99.3 Å². The largest absolute Gasteiger partial charge is 0.309 e. The number of rotatable bonds is 12. The van der Waals surface area contributed by atoms with Gasteiger partial charge >= 0.3 is 0 Å². The lowest BCUT2D eigenvalue weighted by atomic mass is 9.83. The predicted octanol–water partition coefficient (Wildman–Crippen LogP) is 19.9. The molecule has 0 aliphatic heterocycles. The second-order valence-corrected chi connectivity index (χ2v) is 20.9. The minimum atomic E-state index is 0.281. The zero-order valence-corrected chi connectivity index (χ0v) is 42.1. The van der Waals surface area contributed by atoms with Crippen LogP contribution in [-0.2, 0) is 6.42 Å². The van der Waals surface area contributed by atoms with Gasteiger partial charge in [-0.2, -0.15) is 0 Å². The molecule has 10 aromatic carbocycles. The summed E-state index contributed by atoms with van der Waals surface area (Å²) in [6.07, 6.45) is 1.07. The number of nitrogens with zero attached hydrogens (tertiary/aromatic N) is 2. The van der Waals surface area contributed by atoms with E-state index in [0.29, 0.717) is 11.8 Å². The van der Waals surface area contributed by atoms with E-state index in [9.17, 15) is 0 Å². The second-order valence-electron chi connectivity index (χ2n) is 20.9. The third-order valence-corrected chi connectivity index (χ3v) is 15.2. The molecule has 0 N–H and O–H groups in total. The van der Waals surface area contributed by atoms with E-state index >= 15 is 0 Å². The van der Waals surface area contributed by atoms with Crippen LogP contribution in [-0.4, -0.2) is 0 Å². The number of benzene rings is 10.